The molecule has 3 heterocycles. The van der Waals surface area contributed by atoms with Crippen LogP contribution in [0.15, 0.2) is 30.9 Å². The van der Waals surface area contributed by atoms with Crippen LogP contribution in [0, 0.1) is 11.7 Å². The van der Waals surface area contributed by atoms with Crippen molar-refractivity contribution in [3.05, 3.63) is 47.3 Å². The number of carbonyl (C=O) groups is 1. The van der Waals surface area contributed by atoms with Gasteiger partial charge in [0.1, 0.15) is 6.17 Å². The third kappa shape index (κ3) is 3.51. The highest BCUT2D eigenvalue weighted by Crippen LogP contribution is 2.39. The fourth-order valence-electron chi connectivity index (χ4n) is 3.56. The summed E-state index contributed by atoms with van der Waals surface area (Å²) >= 11 is 6.40. The predicted octanol–water partition coefficient (Wildman–Crippen LogP) is 3.76. The molecule has 3 N–H and O–H groups in total. The number of benzene rings is 1. The average molecular weight is 459 g/mol. The number of halogens is 3. The molecular formula is C21H17ClF2N6O2. The van der Waals surface area contributed by atoms with Gasteiger partial charge in [-0.15, -0.1) is 0 Å². The number of amides is 1. The Morgan fingerprint density at radius 3 is 2.97 bits per heavy atom. The van der Waals surface area contributed by atoms with Gasteiger partial charge in [-0.05, 0) is 12.8 Å². The first-order valence-electron chi connectivity index (χ1n) is 9.89. The van der Waals surface area contributed by atoms with E-state index in [1.165, 1.54) is 12.4 Å². The number of imidazole rings is 1. The van der Waals surface area contributed by atoms with E-state index >= 15 is 4.39 Å². The standard InChI is InChI=1S/C21H17ClF2N6O2/c22-18-17(12-6-26-29-20(12)10(19(18)24)3-1-2-4-31)14-8-30-9-15(27-16(30)7-25-14)28-21(32)11-5-13(11)23/h1,3,6-9,11,13,31H,2,4-5H2,(H,26,29)(H,28,32)/b3-1+. The molecule has 0 spiro atoms. The lowest BCUT2D eigenvalue weighted by Crippen LogP contribution is -2.15. The van der Waals surface area contributed by atoms with Gasteiger partial charge in [0, 0.05) is 29.3 Å². The van der Waals surface area contributed by atoms with Crippen LogP contribution in [0.3, 0.4) is 0 Å². The molecule has 8 nitrogen and oxygen atoms in total. The minimum atomic E-state index is -1.10. The largest absolute Gasteiger partial charge is 0.396 e. The molecule has 0 aliphatic heterocycles. The summed E-state index contributed by atoms with van der Waals surface area (Å²) in [7, 11) is 0. The molecule has 0 radical (unpaired) electrons. The van der Waals surface area contributed by atoms with Gasteiger partial charge in [0.25, 0.3) is 0 Å². The van der Waals surface area contributed by atoms with Gasteiger partial charge in [0.05, 0.1) is 40.7 Å². The summed E-state index contributed by atoms with van der Waals surface area (Å²) in [6, 6.07) is 0. The maximum Gasteiger partial charge on any atom is 0.231 e. The highest BCUT2D eigenvalue weighted by Gasteiger charge is 2.43. The molecule has 2 unspecified atom stereocenters. The lowest BCUT2D eigenvalue weighted by Gasteiger charge is -2.10. The van der Waals surface area contributed by atoms with Crippen molar-refractivity contribution in [2.75, 3.05) is 11.9 Å². The first-order valence-corrected chi connectivity index (χ1v) is 10.3. The molecule has 1 fully saturated rings. The Hall–Kier alpha value is -3.37. The van der Waals surface area contributed by atoms with E-state index in [2.05, 4.69) is 25.5 Å². The van der Waals surface area contributed by atoms with Crippen LogP contribution in [0.4, 0.5) is 14.6 Å². The van der Waals surface area contributed by atoms with Gasteiger partial charge in [0.15, 0.2) is 17.3 Å². The fraction of sp³-hybridized carbons (Fsp3) is 0.238. The van der Waals surface area contributed by atoms with Crippen molar-refractivity contribution in [3.8, 4) is 11.3 Å². The molecule has 11 heteroatoms. The summed E-state index contributed by atoms with van der Waals surface area (Å²) in [4.78, 5) is 20.6. The van der Waals surface area contributed by atoms with Crippen molar-refractivity contribution in [1.29, 1.82) is 0 Å². The van der Waals surface area contributed by atoms with Crippen LogP contribution in [0.2, 0.25) is 5.02 Å². The van der Waals surface area contributed by atoms with Crippen molar-refractivity contribution in [2.24, 2.45) is 5.92 Å². The highest BCUT2D eigenvalue weighted by molar-refractivity contribution is 6.35. The van der Waals surface area contributed by atoms with Crippen molar-refractivity contribution in [2.45, 2.75) is 19.0 Å². The Labute approximate surface area is 184 Å². The quantitative estimate of drug-likeness (QED) is 0.408. The van der Waals surface area contributed by atoms with Crippen LogP contribution in [0.25, 0.3) is 33.9 Å². The summed E-state index contributed by atoms with van der Waals surface area (Å²) in [5.74, 6) is -1.42. The van der Waals surface area contributed by atoms with Crippen molar-refractivity contribution < 1.29 is 18.7 Å². The van der Waals surface area contributed by atoms with Crippen LogP contribution in [0.1, 0.15) is 18.4 Å². The van der Waals surface area contributed by atoms with Crippen LogP contribution in [-0.4, -0.2) is 48.4 Å². The number of nitrogens with zero attached hydrogens (tertiary/aromatic N) is 4. The summed E-state index contributed by atoms with van der Waals surface area (Å²) in [6.45, 7) is -0.0532. The summed E-state index contributed by atoms with van der Waals surface area (Å²) in [6.07, 6.45) is 8.87. The van der Waals surface area contributed by atoms with E-state index in [0.29, 0.717) is 34.2 Å². The molecule has 5 rings (SSSR count). The number of carbonyl (C=O) groups excluding carboxylic acids is 1. The highest BCUT2D eigenvalue weighted by atomic mass is 35.5. The van der Waals surface area contributed by atoms with Gasteiger partial charge in [-0.1, -0.05) is 23.8 Å². The second-order valence-electron chi connectivity index (χ2n) is 7.50. The van der Waals surface area contributed by atoms with Crippen LogP contribution in [0.5, 0.6) is 0 Å². The monoisotopic (exact) mass is 458 g/mol. The molecule has 2 atom stereocenters. The van der Waals surface area contributed by atoms with Gasteiger partial charge in [-0.25, -0.2) is 13.8 Å². The summed E-state index contributed by atoms with van der Waals surface area (Å²) in [5.41, 5.74) is 1.85. The average Bonchev–Trinajstić information content (AvgIpc) is 3.14. The number of hydrogen-bond acceptors (Lipinski definition) is 5. The molecular weight excluding hydrogens is 442 g/mol. The third-order valence-electron chi connectivity index (χ3n) is 5.31. The molecule has 0 saturated heterocycles. The molecule has 3 aromatic heterocycles. The fourth-order valence-corrected chi connectivity index (χ4v) is 3.86. The third-order valence-corrected chi connectivity index (χ3v) is 5.66. The number of rotatable bonds is 6. The zero-order valence-electron chi connectivity index (χ0n) is 16.5. The van der Waals surface area contributed by atoms with Gasteiger partial charge < -0.3 is 14.8 Å². The van der Waals surface area contributed by atoms with Gasteiger partial charge in [-0.3, -0.25) is 14.9 Å². The number of aromatic nitrogens is 5. The van der Waals surface area contributed by atoms with E-state index in [9.17, 15) is 9.18 Å². The number of aliphatic hydroxyl groups is 1. The Kier molecular flexibility index (Phi) is 5.10. The molecule has 32 heavy (non-hydrogen) atoms. The molecule has 0 bridgehead atoms. The van der Waals surface area contributed by atoms with Crippen molar-refractivity contribution in [1.82, 2.24) is 24.6 Å². The van der Waals surface area contributed by atoms with E-state index in [1.807, 2.05) is 0 Å². The Morgan fingerprint density at radius 1 is 1.41 bits per heavy atom. The van der Waals surface area contributed by atoms with E-state index < -0.39 is 23.8 Å². The minimum Gasteiger partial charge on any atom is -0.396 e. The van der Waals surface area contributed by atoms with Crippen LogP contribution >= 0.6 is 11.6 Å². The van der Waals surface area contributed by atoms with Crippen molar-refractivity contribution in [3.63, 3.8) is 0 Å². The molecule has 1 saturated carbocycles. The second kappa shape index (κ2) is 7.95. The minimum absolute atomic E-state index is 0.0532. The Morgan fingerprint density at radius 2 is 2.22 bits per heavy atom. The SMILES string of the molecule is O=C(Nc1cn2cc(-c3c(Cl)c(F)c(/C=C/CCO)c4[nH]ncc34)ncc2n1)C1CC1F. The summed E-state index contributed by atoms with van der Waals surface area (Å²) < 4.78 is 29.9. The number of fused-ring (bicyclic) bond motifs is 2. The topological polar surface area (TPSA) is 108 Å². The number of anilines is 1. The Bertz CT molecular complexity index is 1380. The Balaban J connectivity index is 1.55. The van der Waals surface area contributed by atoms with Gasteiger partial charge in [-0.2, -0.15) is 5.10 Å². The molecule has 1 amide bonds. The molecule has 1 aliphatic carbocycles. The first-order chi connectivity index (χ1) is 15.5. The van der Waals surface area contributed by atoms with Crippen molar-refractivity contribution >= 4 is 46.0 Å². The van der Waals surface area contributed by atoms with E-state index in [-0.39, 0.29) is 29.4 Å². The number of aromatic amines is 1. The summed E-state index contributed by atoms with van der Waals surface area (Å²) in [5, 5.41) is 18.8. The van der Waals surface area contributed by atoms with E-state index in [4.69, 9.17) is 16.7 Å². The van der Waals surface area contributed by atoms with E-state index in [1.54, 1.807) is 28.9 Å². The number of nitrogens with one attached hydrogen (secondary N) is 2. The lowest BCUT2D eigenvalue weighted by atomic mass is 10.0. The lowest BCUT2D eigenvalue weighted by molar-refractivity contribution is -0.117. The van der Waals surface area contributed by atoms with E-state index in [0.717, 1.165) is 0 Å². The zero-order chi connectivity index (χ0) is 22.4. The maximum atomic E-state index is 15.1. The molecule has 1 aromatic carbocycles. The maximum absolute atomic E-state index is 15.1. The number of aliphatic hydroxyl groups excluding tert-OH is 1. The molecule has 164 valence electrons. The number of hydrogen-bond donors (Lipinski definition) is 3. The normalized spacial score (nSPS) is 18.1. The first kappa shape index (κ1) is 20.5. The molecule has 4 aromatic rings. The zero-order valence-corrected chi connectivity index (χ0v) is 17.3. The molecule has 1 aliphatic rings. The van der Waals surface area contributed by atoms with Gasteiger partial charge in [0.2, 0.25) is 5.91 Å². The van der Waals surface area contributed by atoms with Gasteiger partial charge >= 0.3 is 0 Å². The predicted molar refractivity (Wildman–Crippen MR) is 115 cm³/mol. The number of alkyl halides is 1. The smallest absolute Gasteiger partial charge is 0.231 e. The second-order valence-corrected chi connectivity index (χ2v) is 7.88. The van der Waals surface area contributed by atoms with Crippen LogP contribution < -0.4 is 5.32 Å². The number of H-pyrrole nitrogens is 1. The van der Waals surface area contributed by atoms with Crippen LogP contribution in [-0.2, 0) is 4.79 Å².